The van der Waals surface area contributed by atoms with Gasteiger partial charge in [-0.15, -0.1) is 5.84 Å². The second-order valence-corrected chi connectivity index (χ2v) is 3.85. The fourth-order valence-corrected chi connectivity index (χ4v) is 1.86. The van der Waals surface area contributed by atoms with Gasteiger partial charge in [0.2, 0.25) is 0 Å². The van der Waals surface area contributed by atoms with E-state index in [0.29, 0.717) is 18.3 Å². The smallest absolute Gasteiger partial charge is 0.315 e. The van der Waals surface area contributed by atoms with Crippen LogP contribution in [-0.4, -0.2) is 17.3 Å². The Balaban J connectivity index is 1.92. The first kappa shape index (κ1) is 10.1. The standard InChI is InChI=1S/C12H13N4O/c13-16(17-10-5-2-1-3-6-10)8-4-7-11-12(16)15-9-14-11/h1-8,14H,9,13H2/q+1. The minimum atomic E-state index is -0.261. The fourth-order valence-electron chi connectivity index (χ4n) is 1.86. The number of hydrogen-bond acceptors (Lipinski definition) is 4. The molecule has 0 aromatic heterocycles. The molecule has 0 saturated carbocycles. The number of aliphatic imine (C=N–C) groups is 1. The van der Waals surface area contributed by atoms with Crippen LogP contribution < -0.4 is 16.0 Å². The number of nitrogens with two attached hydrogens (primary N) is 1. The highest BCUT2D eigenvalue weighted by molar-refractivity contribution is 5.94. The van der Waals surface area contributed by atoms with Crippen molar-refractivity contribution >= 4 is 5.84 Å². The molecule has 0 aliphatic carbocycles. The molecular formula is C12H13N4O+. The minimum absolute atomic E-state index is 0.261. The third kappa shape index (κ3) is 1.71. The first-order chi connectivity index (χ1) is 8.28. The molecule has 2 aliphatic rings. The predicted molar refractivity (Wildman–Crippen MR) is 64.2 cm³/mol. The Hall–Kier alpha value is -2.11. The van der Waals surface area contributed by atoms with Gasteiger partial charge in [-0.25, -0.2) is 4.99 Å². The quantitative estimate of drug-likeness (QED) is 0.588. The van der Waals surface area contributed by atoms with Gasteiger partial charge in [-0.2, -0.15) is 0 Å². The zero-order chi connectivity index (χ0) is 11.7. The van der Waals surface area contributed by atoms with E-state index >= 15 is 0 Å². The van der Waals surface area contributed by atoms with Crippen LogP contribution in [-0.2, 0) is 0 Å². The molecule has 0 radical (unpaired) electrons. The third-order valence-electron chi connectivity index (χ3n) is 2.64. The van der Waals surface area contributed by atoms with Crippen molar-refractivity contribution in [2.75, 3.05) is 6.67 Å². The number of nitrogens with one attached hydrogen (secondary N) is 1. The number of para-hydroxylation sites is 1. The van der Waals surface area contributed by atoms with Crippen LogP contribution in [0, 0.1) is 0 Å². The zero-order valence-electron chi connectivity index (χ0n) is 9.21. The van der Waals surface area contributed by atoms with E-state index in [9.17, 15) is 0 Å². The molecule has 17 heavy (non-hydrogen) atoms. The van der Waals surface area contributed by atoms with Crippen LogP contribution >= 0.6 is 0 Å². The molecule has 3 rings (SSSR count). The average Bonchev–Trinajstić information content (AvgIpc) is 2.80. The van der Waals surface area contributed by atoms with E-state index in [-0.39, 0.29) is 4.76 Å². The summed E-state index contributed by atoms with van der Waals surface area (Å²) in [5.41, 5.74) is 0.908. The Labute approximate surface area is 99.0 Å². The maximum absolute atomic E-state index is 6.19. The van der Waals surface area contributed by atoms with Crippen LogP contribution in [0.3, 0.4) is 0 Å². The summed E-state index contributed by atoms with van der Waals surface area (Å²) in [5.74, 6) is 7.59. The summed E-state index contributed by atoms with van der Waals surface area (Å²) in [5, 5.41) is 3.13. The van der Waals surface area contributed by atoms with Gasteiger partial charge in [0.15, 0.2) is 11.9 Å². The molecule has 0 bridgehead atoms. The molecule has 5 heteroatoms. The number of quaternary nitrogens is 1. The number of benzene rings is 1. The van der Waals surface area contributed by atoms with Crippen molar-refractivity contribution in [3.8, 4) is 5.75 Å². The Bertz CT molecular complexity index is 521. The SMILES string of the molecule is N[N+]1(Oc2ccccc2)C=CC=C2NCN=C21. The normalized spacial score (nSPS) is 25.7. The van der Waals surface area contributed by atoms with Gasteiger partial charge in [-0.3, -0.25) is 4.84 Å². The van der Waals surface area contributed by atoms with Crippen LogP contribution in [0.5, 0.6) is 5.75 Å². The highest BCUT2D eigenvalue weighted by Gasteiger charge is 2.40. The van der Waals surface area contributed by atoms with Crippen LogP contribution in [0.25, 0.3) is 0 Å². The van der Waals surface area contributed by atoms with Crippen LogP contribution in [0.15, 0.2) is 59.4 Å². The summed E-state index contributed by atoms with van der Waals surface area (Å²) in [4.78, 5) is 10.1. The molecule has 0 fully saturated rings. The lowest BCUT2D eigenvalue weighted by Gasteiger charge is -2.26. The van der Waals surface area contributed by atoms with E-state index in [4.69, 9.17) is 10.7 Å². The van der Waals surface area contributed by atoms with Gasteiger partial charge in [0.1, 0.15) is 12.4 Å². The van der Waals surface area contributed by atoms with Gasteiger partial charge in [0, 0.05) is 10.8 Å². The van der Waals surface area contributed by atoms with Crippen molar-refractivity contribution in [2.45, 2.75) is 0 Å². The highest BCUT2D eigenvalue weighted by atomic mass is 16.7. The first-order valence-electron chi connectivity index (χ1n) is 5.39. The number of nitrogens with zero attached hydrogens (tertiary/aromatic N) is 2. The first-order valence-corrected chi connectivity index (χ1v) is 5.39. The fraction of sp³-hybridized carbons (Fsp3) is 0.0833. The topological polar surface area (TPSA) is 59.6 Å². The molecule has 0 amide bonds. The van der Waals surface area contributed by atoms with E-state index in [0.717, 1.165) is 5.70 Å². The van der Waals surface area contributed by atoms with Gasteiger partial charge in [0.25, 0.3) is 0 Å². The van der Waals surface area contributed by atoms with E-state index in [1.807, 2.05) is 42.5 Å². The molecule has 1 atom stereocenters. The molecule has 3 N–H and O–H groups in total. The van der Waals surface area contributed by atoms with Crippen LogP contribution in [0.4, 0.5) is 0 Å². The predicted octanol–water partition coefficient (Wildman–Crippen LogP) is 1.04. The third-order valence-corrected chi connectivity index (χ3v) is 2.64. The molecule has 2 heterocycles. The summed E-state index contributed by atoms with van der Waals surface area (Å²) in [6.07, 6.45) is 5.54. The number of amidine groups is 1. The molecule has 5 nitrogen and oxygen atoms in total. The molecule has 1 unspecified atom stereocenters. The van der Waals surface area contributed by atoms with Crippen LogP contribution in [0.2, 0.25) is 0 Å². The van der Waals surface area contributed by atoms with Gasteiger partial charge in [-0.05, 0) is 18.2 Å². The maximum Gasteiger partial charge on any atom is 0.315 e. The lowest BCUT2D eigenvalue weighted by atomic mass is 10.3. The minimum Gasteiger partial charge on any atom is -0.360 e. The molecule has 0 spiro atoms. The summed E-state index contributed by atoms with van der Waals surface area (Å²) in [7, 11) is 0. The second kappa shape index (κ2) is 3.73. The van der Waals surface area contributed by atoms with Crippen molar-refractivity contribution in [3.63, 3.8) is 0 Å². The molecule has 1 aromatic rings. The second-order valence-electron chi connectivity index (χ2n) is 3.85. The highest BCUT2D eigenvalue weighted by Crippen LogP contribution is 2.21. The number of hydroxylamine groups is 2. The van der Waals surface area contributed by atoms with Crippen molar-refractivity contribution < 1.29 is 9.59 Å². The summed E-state index contributed by atoms with van der Waals surface area (Å²) in [6.45, 7) is 0.540. The van der Waals surface area contributed by atoms with Gasteiger partial charge >= 0.3 is 5.84 Å². The monoisotopic (exact) mass is 229 g/mol. The van der Waals surface area contributed by atoms with E-state index in [1.165, 1.54) is 0 Å². The maximum atomic E-state index is 6.19. The Kier molecular flexibility index (Phi) is 2.21. The van der Waals surface area contributed by atoms with Gasteiger partial charge in [-0.1, -0.05) is 18.2 Å². The molecule has 0 saturated heterocycles. The number of hydrogen-bond donors (Lipinski definition) is 2. The summed E-state index contributed by atoms with van der Waals surface area (Å²) in [6, 6.07) is 9.46. The van der Waals surface area contributed by atoms with E-state index < -0.39 is 0 Å². The Morgan fingerprint density at radius 2 is 2.12 bits per heavy atom. The number of fused-ring (bicyclic) bond motifs is 1. The molecule has 1 aromatic carbocycles. The van der Waals surface area contributed by atoms with Crippen LogP contribution in [0.1, 0.15) is 0 Å². The lowest BCUT2D eigenvalue weighted by Crippen LogP contribution is -2.58. The van der Waals surface area contributed by atoms with Crippen molar-refractivity contribution in [3.05, 3.63) is 54.4 Å². The largest absolute Gasteiger partial charge is 0.360 e. The lowest BCUT2D eigenvalue weighted by molar-refractivity contribution is -0.973. The van der Waals surface area contributed by atoms with E-state index in [1.54, 1.807) is 6.20 Å². The van der Waals surface area contributed by atoms with Crippen molar-refractivity contribution in [2.24, 2.45) is 10.8 Å². The number of allylic oxidation sites excluding steroid dienone is 2. The molecule has 86 valence electrons. The summed E-state index contributed by atoms with van der Waals surface area (Å²) >= 11 is 0. The van der Waals surface area contributed by atoms with Crippen molar-refractivity contribution in [1.29, 1.82) is 0 Å². The Morgan fingerprint density at radius 1 is 1.29 bits per heavy atom. The molecule has 2 aliphatic heterocycles. The Morgan fingerprint density at radius 3 is 2.94 bits per heavy atom. The van der Waals surface area contributed by atoms with E-state index in [2.05, 4.69) is 10.3 Å². The van der Waals surface area contributed by atoms with Gasteiger partial charge < -0.3 is 5.32 Å². The van der Waals surface area contributed by atoms with Gasteiger partial charge in [0.05, 0.1) is 0 Å². The van der Waals surface area contributed by atoms with Crippen molar-refractivity contribution in [1.82, 2.24) is 5.32 Å². The molecular weight excluding hydrogens is 216 g/mol. The summed E-state index contributed by atoms with van der Waals surface area (Å²) < 4.78 is -0.261. The number of rotatable bonds is 2. The zero-order valence-corrected chi connectivity index (χ0v) is 9.21. The average molecular weight is 229 g/mol.